The van der Waals surface area contributed by atoms with Gasteiger partial charge in [-0.1, -0.05) is 24.3 Å². The summed E-state index contributed by atoms with van der Waals surface area (Å²) in [6.07, 6.45) is 0.305. The Morgan fingerprint density at radius 1 is 1.04 bits per heavy atom. The summed E-state index contributed by atoms with van der Waals surface area (Å²) in [5, 5.41) is 2.85. The second-order valence-electron chi connectivity index (χ2n) is 6.04. The third kappa shape index (κ3) is 3.51. The molecule has 2 aliphatic heterocycles. The van der Waals surface area contributed by atoms with Gasteiger partial charge in [-0.2, -0.15) is 0 Å². The number of benzene rings is 2. The Morgan fingerprint density at radius 2 is 1.71 bits per heavy atom. The van der Waals surface area contributed by atoms with Gasteiger partial charge in [0, 0.05) is 25.2 Å². The lowest BCUT2D eigenvalue weighted by Crippen LogP contribution is -2.51. The molecule has 2 aromatic carbocycles. The fourth-order valence-corrected chi connectivity index (χ4v) is 3.03. The first-order chi connectivity index (χ1) is 10.7. The Balaban J connectivity index is 0.00000104. The topological polar surface area (TPSA) is 41.6 Å². The van der Waals surface area contributed by atoms with Crippen LogP contribution < -0.4 is 10.1 Å². The van der Waals surface area contributed by atoms with Crippen molar-refractivity contribution in [2.75, 3.05) is 20.1 Å². The van der Waals surface area contributed by atoms with Crippen LogP contribution in [0.25, 0.3) is 11.1 Å². The molecular formula is C18H20Cl2N2O2. The summed E-state index contributed by atoms with van der Waals surface area (Å²) in [4.78, 5) is 14.0. The Hall–Kier alpha value is -1.75. The van der Waals surface area contributed by atoms with Crippen molar-refractivity contribution in [1.29, 1.82) is 0 Å². The molecule has 4 nitrogen and oxygen atoms in total. The van der Waals surface area contributed by atoms with Gasteiger partial charge >= 0.3 is 0 Å². The van der Waals surface area contributed by atoms with E-state index < -0.39 is 0 Å². The van der Waals surface area contributed by atoms with Gasteiger partial charge in [-0.3, -0.25) is 9.69 Å². The molecule has 2 aromatic rings. The van der Waals surface area contributed by atoms with Crippen molar-refractivity contribution in [3.8, 4) is 16.9 Å². The molecule has 0 radical (unpaired) electrons. The van der Waals surface area contributed by atoms with E-state index in [2.05, 4.69) is 23.3 Å². The van der Waals surface area contributed by atoms with Crippen molar-refractivity contribution in [3.63, 3.8) is 0 Å². The quantitative estimate of drug-likeness (QED) is 0.906. The summed E-state index contributed by atoms with van der Waals surface area (Å²) < 4.78 is 5.90. The maximum Gasteiger partial charge on any atom is 0.251 e. The van der Waals surface area contributed by atoms with Gasteiger partial charge in [-0.05, 0) is 41.9 Å². The van der Waals surface area contributed by atoms with Crippen molar-refractivity contribution in [2.45, 2.75) is 12.6 Å². The number of nitrogens with zero attached hydrogens (tertiary/aromatic N) is 1. The SMILES string of the molecule is CN1CC(Oc2ccc(-c3ccc4c(c3)C(=O)NC4)cc2)C1.Cl.Cl. The number of likely N-dealkylation sites (N-methyl/N-ethyl adjacent to an activating group) is 1. The average molecular weight is 367 g/mol. The monoisotopic (exact) mass is 366 g/mol. The maximum absolute atomic E-state index is 11.8. The van der Waals surface area contributed by atoms with Crippen LogP contribution in [-0.4, -0.2) is 37.0 Å². The minimum Gasteiger partial charge on any atom is -0.488 e. The van der Waals surface area contributed by atoms with Gasteiger partial charge in [0.15, 0.2) is 0 Å². The number of rotatable bonds is 3. The predicted octanol–water partition coefficient (Wildman–Crippen LogP) is 3.13. The molecule has 0 spiro atoms. The molecule has 1 fully saturated rings. The molecule has 0 unspecified atom stereocenters. The number of carbonyl (C=O) groups is 1. The molecule has 0 atom stereocenters. The largest absolute Gasteiger partial charge is 0.488 e. The minimum atomic E-state index is 0. The molecule has 0 aromatic heterocycles. The number of fused-ring (bicyclic) bond motifs is 1. The lowest BCUT2D eigenvalue weighted by molar-refractivity contribution is 0.0388. The van der Waals surface area contributed by atoms with E-state index >= 15 is 0 Å². The van der Waals surface area contributed by atoms with Gasteiger partial charge in [-0.15, -0.1) is 24.8 Å². The number of carbonyl (C=O) groups excluding carboxylic acids is 1. The zero-order valence-electron chi connectivity index (χ0n) is 13.3. The molecular weight excluding hydrogens is 347 g/mol. The van der Waals surface area contributed by atoms with Gasteiger partial charge in [0.2, 0.25) is 0 Å². The summed E-state index contributed by atoms with van der Waals surface area (Å²) in [5.74, 6) is 0.923. The summed E-state index contributed by atoms with van der Waals surface area (Å²) in [6.45, 7) is 2.61. The van der Waals surface area contributed by atoms with Crippen molar-refractivity contribution in [3.05, 3.63) is 53.6 Å². The minimum absolute atomic E-state index is 0. The Labute approximate surface area is 154 Å². The van der Waals surface area contributed by atoms with Crippen LogP contribution in [0.15, 0.2) is 42.5 Å². The van der Waals surface area contributed by atoms with Crippen LogP contribution in [0.5, 0.6) is 5.75 Å². The van der Waals surface area contributed by atoms with Crippen LogP contribution in [0.1, 0.15) is 15.9 Å². The number of hydrogen-bond acceptors (Lipinski definition) is 3. The average Bonchev–Trinajstić information content (AvgIpc) is 2.87. The van der Waals surface area contributed by atoms with Crippen LogP contribution in [-0.2, 0) is 6.54 Å². The lowest BCUT2D eigenvalue weighted by atomic mass is 10.0. The lowest BCUT2D eigenvalue weighted by Gasteiger charge is -2.36. The second kappa shape index (κ2) is 7.43. The van der Waals surface area contributed by atoms with Crippen LogP contribution in [0.4, 0.5) is 0 Å². The van der Waals surface area contributed by atoms with Gasteiger partial charge in [0.25, 0.3) is 5.91 Å². The predicted molar refractivity (Wildman–Crippen MR) is 99.5 cm³/mol. The van der Waals surface area contributed by atoms with Crippen molar-refractivity contribution >= 4 is 30.7 Å². The third-order valence-corrected chi connectivity index (χ3v) is 4.31. The summed E-state index contributed by atoms with van der Waals surface area (Å²) >= 11 is 0. The van der Waals surface area contributed by atoms with Crippen molar-refractivity contribution in [1.82, 2.24) is 10.2 Å². The first kappa shape index (κ1) is 18.6. The van der Waals surface area contributed by atoms with Crippen molar-refractivity contribution in [2.24, 2.45) is 0 Å². The highest BCUT2D eigenvalue weighted by molar-refractivity contribution is 5.99. The molecule has 2 heterocycles. The molecule has 1 saturated heterocycles. The summed E-state index contributed by atoms with van der Waals surface area (Å²) in [7, 11) is 2.09. The smallest absolute Gasteiger partial charge is 0.251 e. The number of likely N-dealkylation sites (tertiary alicyclic amines) is 1. The van der Waals surface area contributed by atoms with Crippen LogP contribution >= 0.6 is 24.8 Å². The molecule has 0 aliphatic carbocycles. The normalized spacial score (nSPS) is 16.3. The van der Waals surface area contributed by atoms with Gasteiger partial charge in [0.1, 0.15) is 11.9 Å². The summed E-state index contributed by atoms with van der Waals surface area (Å²) in [5.41, 5.74) is 4.02. The van der Waals surface area contributed by atoms with E-state index in [1.807, 2.05) is 36.4 Å². The molecule has 1 N–H and O–H groups in total. The van der Waals surface area contributed by atoms with E-state index in [9.17, 15) is 4.79 Å². The Morgan fingerprint density at radius 3 is 2.38 bits per heavy atom. The number of amides is 1. The fraction of sp³-hybridized carbons (Fsp3) is 0.278. The molecule has 24 heavy (non-hydrogen) atoms. The summed E-state index contributed by atoms with van der Waals surface area (Å²) in [6, 6.07) is 14.2. The standard InChI is InChI=1S/C18H18N2O2.2ClH/c1-20-10-16(11-20)22-15-6-4-12(5-7-15)13-2-3-14-9-19-18(21)17(14)8-13;;/h2-8,16H,9-11H2,1H3,(H,19,21);2*1H. The van der Waals surface area contributed by atoms with E-state index in [0.717, 1.165) is 41.1 Å². The third-order valence-electron chi connectivity index (χ3n) is 4.31. The molecule has 6 heteroatoms. The Bertz CT molecular complexity index is 728. The number of nitrogens with one attached hydrogen (secondary N) is 1. The highest BCUT2D eigenvalue weighted by Gasteiger charge is 2.24. The first-order valence-corrected chi connectivity index (χ1v) is 7.56. The highest BCUT2D eigenvalue weighted by Crippen LogP contribution is 2.27. The van der Waals surface area contributed by atoms with Gasteiger partial charge < -0.3 is 10.1 Å². The van der Waals surface area contributed by atoms with E-state index in [1.165, 1.54) is 0 Å². The zero-order valence-corrected chi connectivity index (χ0v) is 15.0. The van der Waals surface area contributed by atoms with Crippen LogP contribution in [0.3, 0.4) is 0 Å². The van der Waals surface area contributed by atoms with Gasteiger partial charge in [0.05, 0.1) is 0 Å². The fourth-order valence-electron chi connectivity index (χ4n) is 3.03. The molecule has 4 rings (SSSR count). The van der Waals surface area contributed by atoms with Crippen molar-refractivity contribution < 1.29 is 9.53 Å². The van der Waals surface area contributed by atoms with E-state index in [-0.39, 0.29) is 30.7 Å². The van der Waals surface area contributed by atoms with Gasteiger partial charge in [-0.25, -0.2) is 0 Å². The molecule has 2 aliphatic rings. The maximum atomic E-state index is 11.8. The second-order valence-corrected chi connectivity index (χ2v) is 6.04. The Kier molecular flexibility index (Phi) is 5.75. The van der Waals surface area contributed by atoms with E-state index in [1.54, 1.807) is 0 Å². The molecule has 0 saturated carbocycles. The van der Waals surface area contributed by atoms with E-state index in [4.69, 9.17) is 4.74 Å². The zero-order chi connectivity index (χ0) is 15.1. The highest BCUT2D eigenvalue weighted by atomic mass is 35.5. The number of ether oxygens (including phenoxy) is 1. The van der Waals surface area contributed by atoms with Crippen LogP contribution in [0.2, 0.25) is 0 Å². The molecule has 0 bridgehead atoms. The first-order valence-electron chi connectivity index (χ1n) is 7.56. The van der Waals surface area contributed by atoms with Crippen LogP contribution in [0, 0.1) is 0 Å². The number of hydrogen-bond donors (Lipinski definition) is 1. The molecule has 128 valence electrons. The molecule has 1 amide bonds. The number of halogens is 2. The van der Waals surface area contributed by atoms with E-state index in [0.29, 0.717) is 12.6 Å².